The molecular formula is C22H21N3O2. The molecule has 2 aromatic rings. The van der Waals surface area contributed by atoms with Gasteiger partial charge in [0.1, 0.15) is 5.54 Å². The van der Waals surface area contributed by atoms with Gasteiger partial charge in [-0.05, 0) is 34.9 Å². The van der Waals surface area contributed by atoms with Gasteiger partial charge in [0.05, 0.1) is 13.2 Å². The summed E-state index contributed by atoms with van der Waals surface area (Å²) >= 11 is 0. The van der Waals surface area contributed by atoms with Crippen LogP contribution in [0.4, 0.5) is 11.4 Å². The molecule has 1 unspecified atom stereocenters. The van der Waals surface area contributed by atoms with Crippen LogP contribution < -0.4 is 10.2 Å². The molecule has 5 heteroatoms. The molecule has 3 heterocycles. The highest BCUT2D eigenvalue weighted by atomic mass is 16.3. The van der Waals surface area contributed by atoms with Gasteiger partial charge >= 0.3 is 0 Å². The van der Waals surface area contributed by atoms with Crippen molar-refractivity contribution in [3.05, 3.63) is 65.7 Å². The molecule has 2 aromatic carbocycles. The predicted molar refractivity (Wildman–Crippen MR) is 107 cm³/mol. The molecule has 0 bridgehead atoms. The van der Waals surface area contributed by atoms with E-state index in [-0.39, 0.29) is 18.4 Å². The highest BCUT2D eigenvalue weighted by Gasteiger charge is 2.56. The summed E-state index contributed by atoms with van der Waals surface area (Å²) in [6, 6.07) is 16.0. The third-order valence-electron chi connectivity index (χ3n) is 5.95. The fraction of sp³-hybridized carbons (Fsp3) is 0.273. The minimum absolute atomic E-state index is 0.0232. The number of fused-ring (bicyclic) bond motifs is 1. The number of para-hydroxylation sites is 1. The van der Waals surface area contributed by atoms with Crippen LogP contribution in [0.25, 0.3) is 5.57 Å². The maximum Gasteiger partial charge on any atom is 0.253 e. The van der Waals surface area contributed by atoms with Gasteiger partial charge < -0.3 is 15.3 Å². The minimum atomic E-state index is -0.752. The first-order valence-corrected chi connectivity index (χ1v) is 9.30. The zero-order valence-electron chi connectivity index (χ0n) is 14.9. The molecule has 5 nitrogen and oxygen atoms in total. The van der Waals surface area contributed by atoms with Crippen molar-refractivity contribution in [2.45, 2.75) is 12.0 Å². The van der Waals surface area contributed by atoms with E-state index < -0.39 is 5.54 Å². The zero-order valence-corrected chi connectivity index (χ0v) is 14.9. The van der Waals surface area contributed by atoms with Crippen molar-refractivity contribution in [1.29, 1.82) is 0 Å². The van der Waals surface area contributed by atoms with Crippen LogP contribution in [0, 0.1) is 5.92 Å². The van der Waals surface area contributed by atoms with Gasteiger partial charge in [-0.1, -0.05) is 36.4 Å². The van der Waals surface area contributed by atoms with Crippen molar-refractivity contribution in [2.24, 2.45) is 10.9 Å². The third-order valence-corrected chi connectivity index (χ3v) is 5.95. The molecule has 0 radical (unpaired) electrons. The number of carbonyl (C=O) groups excluding carboxylic acids is 1. The van der Waals surface area contributed by atoms with Crippen LogP contribution in [-0.4, -0.2) is 42.5 Å². The lowest BCUT2D eigenvalue weighted by Gasteiger charge is -2.28. The van der Waals surface area contributed by atoms with Gasteiger partial charge in [-0.15, -0.1) is 0 Å². The van der Waals surface area contributed by atoms with E-state index in [4.69, 9.17) is 0 Å². The van der Waals surface area contributed by atoms with Crippen molar-refractivity contribution < 1.29 is 9.90 Å². The Morgan fingerprint density at radius 1 is 1.19 bits per heavy atom. The van der Waals surface area contributed by atoms with E-state index >= 15 is 0 Å². The Morgan fingerprint density at radius 2 is 2.00 bits per heavy atom. The van der Waals surface area contributed by atoms with Crippen LogP contribution in [0.3, 0.4) is 0 Å². The molecule has 0 aromatic heterocycles. The van der Waals surface area contributed by atoms with Crippen LogP contribution in [0.5, 0.6) is 0 Å². The number of hydrogen-bond acceptors (Lipinski definition) is 4. The molecule has 27 heavy (non-hydrogen) atoms. The quantitative estimate of drug-likeness (QED) is 0.885. The molecule has 1 fully saturated rings. The number of hydrogen-bond donors (Lipinski definition) is 2. The number of aliphatic hydroxyl groups is 1. The summed E-state index contributed by atoms with van der Waals surface area (Å²) in [6.45, 7) is 1.22. The molecule has 2 atom stereocenters. The van der Waals surface area contributed by atoms with Gasteiger partial charge in [-0.2, -0.15) is 0 Å². The van der Waals surface area contributed by atoms with E-state index in [0.29, 0.717) is 13.0 Å². The maximum atomic E-state index is 13.4. The molecule has 2 N–H and O–H groups in total. The summed E-state index contributed by atoms with van der Waals surface area (Å²) in [7, 11) is 0. The monoisotopic (exact) mass is 359 g/mol. The molecule has 1 amide bonds. The van der Waals surface area contributed by atoms with Crippen LogP contribution in [0.15, 0.2) is 59.6 Å². The van der Waals surface area contributed by atoms with E-state index in [1.165, 1.54) is 0 Å². The van der Waals surface area contributed by atoms with Crippen LogP contribution >= 0.6 is 0 Å². The number of aliphatic hydroxyl groups excluding tert-OH is 1. The van der Waals surface area contributed by atoms with Crippen LogP contribution in [0.2, 0.25) is 0 Å². The van der Waals surface area contributed by atoms with Crippen molar-refractivity contribution in [1.82, 2.24) is 0 Å². The van der Waals surface area contributed by atoms with Crippen molar-refractivity contribution >= 4 is 29.1 Å². The molecule has 5 rings (SSSR count). The first kappa shape index (κ1) is 16.3. The highest BCUT2D eigenvalue weighted by Crippen LogP contribution is 2.43. The number of nitrogens with one attached hydrogen (secondary N) is 1. The normalized spacial score (nSPS) is 25.8. The Balaban J connectivity index is 1.45. The highest BCUT2D eigenvalue weighted by molar-refractivity contribution is 6.12. The van der Waals surface area contributed by atoms with Gasteiger partial charge in [-0.3, -0.25) is 9.79 Å². The van der Waals surface area contributed by atoms with Gasteiger partial charge in [0, 0.05) is 36.5 Å². The number of allylic oxidation sites excluding steroid dienone is 1. The fourth-order valence-electron chi connectivity index (χ4n) is 4.45. The van der Waals surface area contributed by atoms with Gasteiger partial charge in [0.15, 0.2) is 0 Å². The zero-order chi connectivity index (χ0) is 18.4. The molecule has 3 aliphatic heterocycles. The van der Waals surface area contributed by atoms with Crippen molar-refractivity contribution in [2.75, 3.05) is 29.9 Å². The number of anilines is 2. The van der Waals surface area contributed by atoms with Gasteiger partial charge in [0.25, 0.3) is 5.91 Å². The molecule has 1 saturated heterocycles. The number of benzene rings is 2. The summed E-state index contributed by atoms with van der Waals surface area (Å²) in [5, 5.41) is 13.4. The Labute approximate surface area is 158 Å². The van der Waals surface area contributed by atoms with Gasteiger partial charge in [0.2, 0.25) is 0 Å². The first-order chi connectivity index (χ1) is 13.2. The van der Waals surface area contributed by atoms with Crippen LogP contribution in [-0.2, 0) is 11.2 Å². The largest absolute Gasteiger partial charge is 0.396 e. The lowest BCUT2D eigenvalue weighted by atomic mass is 9.84. The molecule has 0 saturated carbocycles. The standard InChI is InChI=1S/C22H21N3O2/c26-14-18-13-25(19-7-5-15(6-8-19)17-9-10-23-12-17)21(27)22(18)11-16-3-1-2-4-20(16)24-22/h1-9,12,18,24,26H,10-11,13-14H2/t18?,22-/m1/s1. The average Bonchev–Trinajstić information content (AvgIpc) is 3.42. The predicted octanol–water partition coefficient (Wildman–Crippen LogP) is 2.52. The lowest BCUT2D eigenvalue weighted by Crippen LogP contribution is -2.50. The van der Waals surface area contributed by atoms with E-state index in [1.54, 1.807) is 4.90 Å². The second-order valence-electron chi connectivity index (χ2n) is 7.43. The van der Waals surface area contributed by atoms with E-state index in [9.17, 15) is 9.90 Å². The summed E-state index contributed by atoms with van der Waals surface area (Å²) in [4.78, 5) is 19.5. The van der Waals surface area contributed by atoms with Gasteiger partial charge in [-0.25, -0.2) is 0 Å². The van der Waals surface area contributed by atoms with E-state index in [1.807, 2.05) is 54.7 Å². The molecule has 1 spiro atoms. The molecule has 0 aliphatic carbocycles. The number of rotatable bonds is 3. The third kappa shape index (κ3) is 2.42. The average molecular weight is 359 g/mol. The van der Waals surface area contributed by atoms with E-state index in [2.05, 4.69) is 16.4 Å². The summed E-state index contributed by atoms with van der Waals surface area (Å²) in [6.07, 6.45) is 4.59. The summed E-state index contributed by atoms with van der Waals surface area (Å²) in [5.74, 6) is -0.117. The maximum absolute atomic E-state index is 13.4. The SMILES string of the molecule is O=C1N(c2ccc(C3=CCN=C3)cc2)CC(CO)[C@]12Cc1ccccc1N2. The number of amides is 1. The Kier molecular flexibility index (Phi) is 3.65. The number of nitrogens with zero attached hydrogens (tertiary/aromatic N) is 2. The number of aliphatic imine (C=N–C) groups is 1. The molecular weight excluding hydrogens is 338 g/mol. The van der Waals surface area contributed by atoms with Crippen molar-refractivity contribution in [3.63, 3.8) is 0 Å². The summed E-state index contributed by atoms with van der Waals surface area (Å²) < 4.78 is 0. The fourth-order valence-corrected chi connectivity index (χ4v) is 4.45. The smallest absolute Gasteiger partial charge is 0.253 e. The topological polar surface area (TPSA) is 64.9 Å². The Morgan fingerprint density at radius 3 is 2.70 bits per heavy atom. The number of carbonyl (C=O) groups is 1. The lowest BCUT2D eigenvalue weighted by molar-refractivity contribution is -0.121. The first-order valence-electron chi connectivity index (χ1n) is 9.30. The Bertz CT molecular complexity index is 937. The second kappa shape index (κ2) is 6.06. The van der Waals surface area contributed by atoms with Crippen LogP contribution in [0.1, 0.15) is 11.1 Å². The Hall–Kier alpha value is -2.92. The second-order valence-corrected chi connectivity index (χ2v) is 7.43. The van der Waals surface area contributed by atoms with Crippen molar-refractivity contribution in [3.8, 4) is 0 Å². The summed E-state index contributed by atoms with van der Waals surface area (Å²) in [5.41, 5.74) is 4.46. The minimum Gasteiger partial charge on any atom is -0.396 e. The van der Waals surface area contributed by atoms with E-state index in [0.717, 1.165) is 34.6 Å². The molecule has 136 valence electrons. The molecule has 3 aliphatic rings.